The van der Waals surface area contributed by atoms with Gasteiger partial charge in [0.2, 0.25) is 5.89 Å². The van der Waals surface area contributed by atoms with E-state index in [1.54, 1.807) is 42.5 Å². The second-order valence-electron chi connectivity index (χ2n) is 5.48. The molecule has 132 valence electrons. The van der Waals surface area contributed by atoms with Crippen LogP contribution >= 0.6 is 0 Å². The van der Waals surface area contributed by atoms with Crippen molar-refractivity contribution in [2.24, 2.45) is 0 Å². The number of carbonyl (C=O) groups excluding carboxylic acids is 1. The van der Waals surface area contributed by atoms with Crippen LogP contribution in [0.3, 0.4) is 0 Å². The van der Waals surface area contributed by atoms with Gasteiger partial charge in [-0.3, -0.25) is 4.79 Å². The molecule has 0 unspecified atom stereocenters. The van der Waals surface area contributed by atoms with E-state index < -0.39 is 0 Å². The highest BCUT2D eigenvalue weighted by atomic mass is 16.5. The predicted octanol–water partition coefficient (Wildman–Crippen LogP) is 4.15. The number of benzene rings is 1. The summed E-state index contributed by atoms with van der Waals surface area (Å²) in [7, 11) is 1.52. The second-order valence-corrected chi connectivity index (χ2v) is 5.48. The molecule has 0 aliphatic carbocycles. The van der Waals surface area contributed by atoms with Crippen molar-refractivity contribution in [1.82, 2.24) is 10.2 Å². The van der Waals surface area contributed by atoms with Crippen LogP contribution in [0.5, 0.6) is 0 Å². The minimum atomic E-state index is -0.322. The van der Waals surface area contributed by atoms with E-state index in [1.807, 2.05) is 6.92 Å². The van der Waals surface area contributed by atoms with Gasteiger partial charge in [-0.1, -0.05) is 12.2 Å². The number of nitrogens with zero attached hydrogens (tertiary/aromatic N) is 2. The fraction of sp³-hybridized carbons (Fsp3) is 0.105. The Hall–Kier alpha value is -3.61. The van der Waals surface area contributed by atoms with E-state index in [4.69, 9.17) is 13.6 Å². The number of furan rings is 1. The zero-order valence-electron chi connectivity index (χ0n) is 14.4. The average Bonchev–Trinajstić information content (AvgIpc) is 3.32. The minimum absolute atomic E-state index is 0.243. The maximum Gasteiger partial charge on any atom is 0.291 e. The number of amides is 1. The van der Waals surface area contributed by atoms with Gasteiger partial charge in [-0.15, -0.1) is 10.2 Å². The van der Waals surface area contributed by atoms with Gasteiger partial charge in [-0.05, 0) is 49.4 Å². The van der Waals surface area contributed by atoms with Gasteiger partial charge in [0.05, 0.1) is 13.4 Å². The molecule has 2 aromatic heterocycles. The first-order valence-electron chi connectivity index (χ1n) is 7.77. The van der Waals surface area contributed by atoms with Crippen LogP contribution in [0.2, 0.25) is 0 Å². The molecule has 26 heavy (non-hydrogen) atoms. The van der Waals surface area contributed by atoms with Gasteiger partial charge < -0.3 is 18.9 Å². The molecule has 0 saturated carbocycles. The Bertz CT molecular complexity index is 938. The first-order valence-corrected chi connectivity index (χ1v) is 7.77. The van der Waals surface area contributed by atoms with Crippen molar-refractivity contribution in [3.8, 4) is 11.5 Å². The molecule has 1 amide bonds. The number of aromatic nitrogens is 2. The van der Waals surface area contributed by atoms with Gasteiger partial charge in [0.1, 0.15) is 0 Å². The molecular weight excluding hydrogens is 334 g/mol. The van der Waals surface area contributed by atoms with Crippen LogP contribution in [0, 0.1) is 0 Å². The Morgan fingerprint density at radius 3 is 2.62 bits per heavy atom. The Labute approximate surface area is 150 Å². The fourth-order valence-electron chi connectivity index (χ4n) is 2.17. The number of rotatable bonds is 6. The molecule has 1 N–H and O–H groups in total. The number of ether oxygens (including phenoxy) is 1. The van der Waals surface area contributed by atoms with Crippen molar-refractivity contribution in [2.75, 3.05) is 12.4 Å². The number of hydrogen-bond acceptors (Lipinski definition) is 6. The number of carbonyl (C=O) groups is 1. The van der Waals surface area contributed by atoms with Crippen molar-refractivity contribution in [3.05, 3.63) is 72.5 Å². The predicted molar refractivity (Wildman–Crippen MR) is 96.2 cm³/mol. The maximum atomic E-state index is 12.0. The molecule has 0 spiro atoms. The molecule has 0 fully saturated rings. The van der Waals surface area contributed by atoms with Gasteiger partial charge in [-0.25, -0.2) is 0 Å². The highest BCUT2D eigenvalue weighted by Gasteiger charge is 2.14. The van der Waals surface area contributed by atoms with E-state index in [2.05, 4.69) is 22.1 Å². The van der Waals surface area contributed by atoms with Crippen LogP contribution in [0.1, 0.15) is 23.4 Å². The largest absolute Gasteiger partial charge is 0.491 e. The monoisotopic (exact) mass is 351 g/mol. The molecule has 7 heteroatoms. The van der Waals surface area contributed by atoms with Crippen LogP contribution < -0.4 is 5.32 Å². The lowest BCUT2D eigenvalue weighted by atomic mass is 10.2. The van der Waals surface area contributed by atoms with E-state index in [0.717, 1.165) is 5.57 Å². The summed E-state index contributed by atoms with van der Waals surface area (Å²) in [5, 5.41) is 10.8. The number of nitrogens with one attached hydrogen (secondary N) is 1. The summed E-state index contributed by atoms with van der Waals surface area (Å²) in [5.41, 5.74) is 2.14. The van der Waals surface area contributed by atoms with Gasteiger partial charge in [0.25, 0.3) is 11.8 Å². The summed E-state index contributed by atoms with van der Waals surface area (Å²) in [5.74, 6) is 0.970. The molecule has 0 aliphatic heterocycles. The van der Waals surface area contributed by atoms with E-state index in [-0.39, 0.29) is 17.6 Å². The van der Waals surface area contributed by atoms with E-state index in [9.17, 15) is 4.79 Å². The molecule has 0 aliphatic rings. The molecule has 7 nitrogen and oxygen atoms in total. The quantitative estimate of drug-likeness (QED) is 0.530. The summed E-state index contributed by atoms with van der Waals surface area (Å²) in [4.78, 5) is 12.0. The van der Waals surface area contributed by atoms with E-state index in [0.29, 0.717) is 22.9 Å². The zero-order chi connectivity index (χ0) is 18.5. The molecule has 2 heterocycles. The van der Waals surface area contributed by atoms with Crippen LogP contribution in [-0.4, -0.2) is 23.2 Å². The first-order chi connectivity index (χ1) is 12.6. The lowest BCUT2D eigenvalue weighted by molar-refractivity contribution is 0.0996. The topological polar surface area (TPSA) is 90.4 Å². The van der Waals surface area contributed by atoms with Crippen molar-refractivity contribution in [3.63, 3.8) is 0 Å². The third-order valence-corrected chi connectivity index (χ3v) is 3.37. The van der Waals surface area contributed by atoms with Gasteiger partial charge in [0, 0.05) is 11.3 Å². The summed E-state index contributed by atoms with van der Waals surface area (Å²) in [6.07, 6.45) is 3.16. The Balaban J connectivity index is 1.75. The SMILES string of the molecule is C=C(C)C=C(OC)c1nnc(-c2ccc(NC(=O)c3ccco3)cc2)o1. The summed E-state index contributed by atoms with van der Waals surface area (Å²) < 4.78 is 15.9. The van der Waals surface area contributed by atoms with Gasteiger partial charge >= 0.3 is 0 Å². The molecular formula is C19H17N3O4. The Kier molecular flexibility index (Phi) is 4.98. The average molecular weight is 351 g/mol. The van der Waals surface area contributed by atoms with Crippen molar-refractivity contribution >= 4 is 17.4 Å². The molecule has 0 atom stereocenters. The maximum absolute atomic E-state index is 12.0. The van der Waals surface area contributed by atoms with E-state index in [1.165, 1.54) is 13.4 Å². The van der Waals surface area contributed by atoms with Crippen molar-refractivity contribution in [1.29, 1.82) is 0 Å². The highest BCUT2D eigenvalue weighted by Crippen LogP contribution is 2.24. The van der Waals surface area contributed by atoms with Crippen LogP contribution in [0.25, 0.3) is 17.2 Å². The third-order valence-electron chi connectivity index (χ3n) is 3.37. The number of anilines is 1. The normalized spacial score (nSPS) is 11.2. The number of allylic oxidation sites excluding steroid dienone is 2. The van der Waals surface area contributed by atoms with Crippen LogP contribution in [-0.2, 0) is 4.74 Å². The smallest absolute Gasteiger partial charge is 0.291 e. The van der Waals surface area contributed by atoms with Crippen LogP contribution in [0.4, 0.5) is 5.69 Å². The standard InChI is InChI=1S/C19H17N3O4/c1-12(2)11-16(24-3)19-22-21-18(26-19)13-6-8-14(9-7-13)20-17(23)15-5-4-10-25-15/h4-11H,1H2,2-3H3,(H,20,23). The Morgan fingerprint density at radius 2 is 2.00 bits per heavy atom. The molecule has 0 radical (unpaired) electrons. The molecule has 0 bridgehead atoms. The minimum Gasteiger partial charge on any atom is -0.491 e. The lowest BCUT2D eigenvalue weighted by Crippen LogP contribution is -2.10. The van der Waals surface area contributed by atoms with E-state index >= 15 is 0 Å². The lowest BCUT2D eigenvalue weighted by Gasteiger charge is -2.03. The zero-order valence-corrected chi connectivity index (χ0v) is 14.4. The highest BCUT2D eigenvalue weighted by molar-refractivity contribution is 6.02. The summed E-state index contributed by atoms with van der Waals surface area (Å²) in [6.45, 7) is 5.64. The third kappa shape index (κ3) is 3.89. The molecule has 3 aromatic rings. The molecule has 3 rings (SSSR count). The second kappa shape index (κ2) is 7.52. The number of hydrogen-bond donors (Lipinski definition) is 1. The van der Waals surface area contributed by atoms with Crippen molar-refractivity contribution < 1.29 is 18.4 Å². The number of methoxy groups -OCH3 is 1. The van der Waals surface area contributed by atoms with Crippen LogP contribution in [0.15, 0.2) is 69.7 Å². The summed E-state index contributed by atoms with van der Waals surface area (Å²) >= 11 is 0. The first kappa shape index (κ1) is 17.2. The fourth-order valence-corrected chi connectivity index (χ4v) is 2.17. The molecule has 0 saturated heterocycles. The van der Waals surface area contributed by atoms with Crippen molar-refractivity contribution in [2.45, 2.75) is 6.92 Å². The van der Waals surface area contributed by atoms with Gasteiger partial charge in [0.15, 0.2) is 11.5 Å². The molecule has 1 aromatic carbocycles. The summed E-state index contributed by atoms with van der Waals surface area (Å²) in [6, 6.07) is 10.3. The van der Waals surface area contributed by atoms with Gasteiger partial charge in [-0.2, -0.15) is 0 Å². The Morgan fingerprint density at radius 1 is 1.23 bits per heavy atom.